The predicted octanol–water partition coefficient (Wildman–Crippen LogP) is 5.37. The number of hydrogen-bond acceptors (Lipinski definition) is 3. The fourth-order valence-electron chi connectivity index (χ4n) is 3.23. The molecule has 2 heterocycles. The molecule has 0 bridgehead atoms. The van der Waals surface area contributed by atoms with Crippen LogP contribution in [0.25, 0.3) is 39.3 Å². The second kappa shape index (κ2) is 6.04. The monoisotopic (exact) mass is 400 g/mol. The Hall–Kier alpha value is -3.05. The van der Waals surface area contributed by atoms with Crippen molar-refractivity contribution in [1.82, 2.24) is 19.6 Å². The van der Waals surface area contributed by atoms with Crippen molar-refractivity contribution in [3.8, 4) is 22.6 Å². The van der Waals surface area contributed by atoms with Crippen molar-refractivity contribution >= 4 is 32.6 Å². The summed E-state index contributed by atoms with van der Waals surface area (Å²) in [6.07, 6.45) is 0. The van der Waals surface area contributed by atoms with Gasteiger partial charge in [-0.15, -0.1) is 10.2 Å². The molecule has 4 nitrogen and oxygen atoms in total. The molecule has 5 aromatic rings. The first-order valence-electron chi connectivity index (χ1n) is 8.27. The van der Waals surface area contributed by atoms with Gasteiger partial charge in [-0.25, -0.2) is 4.98 Å². The molecule has 0 radical (unpaired) electrons. The Kier molecular flexibility index (Phi) is 3.53. The molecule has 5 heteroatoms. The van der Waals surface area contributed by atoms with Crippen LogP contribution in [0.5, 0.6) is 0 Å². The highest BCUT2D eigenvalue weighted by Crippen LogP contribution is 2.32. The zero-order chi connectivity index (χ0) is 17.5. The van der Waals surface area contributed by atoms with Gasteiger partial charge in [0.15, 0.2) is 5.82 Å². The van der Waals surface area contributed by atoms with Crippen LogP contribution in [-0.2, 0) is 0 Å². The van der Waals surface area contributed by atoms with E-state index >= 15 is 0 Å². The van der Waals surface area contributed by atoms with Crippen LogP contribution in [0, 0.1) is 0 Å². The number of rotatable bonds is 2. The molecule has 0 spiro atoms. The van der Waals surface area contributed by atoms with Gasteiger partial charge in [0, 0.05) is 21.0 Å². The Labute approximate surface area is 158 Å². The first kappa shape index (κ1) is 15.2. The molecule has 26 heavy (non-hydrogen) atoms. The normalized spacial score (nSPS) is 11.3. The molecule has 5 rings (SSSR count). The minimum atomic E-state index is 0.591. The van der Waals surface area contributed by atoms with Crippen LogP contribution in [0.3, 0.4) is 0 Å². The SMILES string of the molecule is Brc1ccccc1-c1nnc2nc(-c3ccccc3)c3ccccc3n12. The van der Waals surface area contributed by atoms with Gasteiger partial charge in [-0.2, -0.15) is 0 Å². The quantitative estimate of drug-likeness (QED) is 0.399. The fraction of sp³-hybridized carbons (Fsp3) is 0. The molecule has 3 aromatic carbocycles. The van der Waals surface area contributed by atoms with E-state index in [4.69, 9.17) is 4.98 Å². The highest BCUT2D eigenvalue weighted by atomic mass is 79.9. The molecule has 0 aliphatic heterocycles. The van der Waals surface area contributed by atoms with E-state index < -0.39 is 0 Å². The van der Waals surface area contributed by atoms with E-state index in [0.29, 0.717) is 5.78 Å². The molecule has 0 atom stereocenters. The van der Waals surface area contributed by atoms with Crippen LogP contribution in [-0.4, -0.2) is 19.6 Å². The number of aromatic nitrogens is 4. The van der Waals surface area contributed by atoms with E-state index in [9.17, 15) is 0 Å². The van der Waals surface area contributed by atoms with Crippen LogP contribution in [0.4, 0.5) is 0 Å². The van der Waals surface area contributed by atoms with Crippen molar-refractivity contribution in [2.24, 2.45) is 0 Å². The first-order chi connectivity index (χ1) is 12.8. The van der Waals surface area contributed by atoms with Crippen molar-refractivity contribution in [2.75, 3.05) is 0 Å². The summed E-state index contributed by atoms with van der Waals surface area (Å²) in [5.41, 5.74) is 4.00. The summed E-state index contributed by atoms with van der Waals surface area (Å²) < 4.78 is 2.99. The smallest absolute Gasteiger partial charge is 0.256 e. The predicted molar refractivity (Wildman–Crippen MR) is 107 cm³/mol. The number of para-hydroxylation sites is 1. The van der Waals surface area contributed by atoms with Crippen molar-refractivity contribution in [3.05, 3.63) is 83.3 Å². The average molecular weight is 401 g/mol. The Bertz CT molecular complexity index is 1250. The van der Waals surface area contributed by atoms with Crippen LogP contribution in [0.1, 0.15) is 0 Å². The molecule has 0 saturated carbocycles. The van der Waals surface area contributed by atoms with E-state index in [0.717, 1.165) is 38.0 Å². The van der Waals surface area contributed by atoms with E-state index in [1.807, 2.05) is 59.0 Å². The van der Waals surface area contributed by atoms with Gasteiger partial charge in [0.1, 0.15) is 0 Å². The highest BCUT2D eigenvalue weighted by molar-refractivity contribution is 9.10. The first-order valence-corrected chi connectivity index (χ1v) is 9.06. The van der Waals surface area contributed by atoms with Gasteiger partial charge in [0.05, 0.1) is 11.2 Å². The lowest BCUT2D eigenvalue weighted by Gasteiger charge is -2.10. The molecule has 0 amide bonds. The third kappa shape index (κ3) is 2.32. The second-order valence-electron chi connectivity index (χ2n) is 5.98. The van der Waals surface area contributed by atoms with Gasteiger partial charge in [-0.1, -0.05) is 82.7 Å². The standard InChI is InChI=1S/C21H13BrN4/c22-17-12-6-4-10-15(17)20-24-25-21-23-19(14-8-2-1-3-9-14)16-11-5-7-13-18(16)26(20)21/h1-13H. The van der Waals surface area contributed by atoms with E-state index in [1.165, 1.54) is 0 Å². The summed E-state index contributed by atoms with van der Waals surface area (Å²) in [6, 6.07) is 26.4. The number of hydrogen-bond donors (Lipinski definition) is 0. The van der Waals surface area contributed by atoms with E-state index in [-0.39, 0.29) is 0 Å². The Morgan fingerprint density at radius 2 is 1.46 bits per heavy atom. The van der Waals surface area contributed by atoms with Gasteiger partial charge in [-0.05, 0) is 12.1 Å². The summed E-state index contributed by atoms with van der Waals surface area (Å²) in [6.45, 7) is 0. The fourth-order valence-corrected chi connectivity index (χ4v) is 3.69. The Balaban J connectivity index is 1.89. The van der Waals surface area contributed by atoms with E-state index in [2.05, 4.69) is 50.4 Å². The van der Waals surface area contributed by atoms with Crippen molar-refractivity contribution in [2.45, 2.75) is 0 Å². The molecule has 0 unspecified atom stereocenters. The summed E-state index contributed by atoms with van der Waals surface area (Å²) in [4.78, 5) is 4.82. The molecule has 0 aliphatic carbocycles. The zero-order valence-corrected chi connectivity index (χ0v) is 15.3. The minimum Gasteiger partial charge on any atom is -0.259 e. The molecule has 0 aliphatic rings. The third-order valence-corrected chi connectivity index (χ3v) is 5.11. The van der Waals surface area contributed by atoms with Crippen molar-refractivity contribution < 1.29 is 0 Å². The molecular weight excluding hydrogens is 388 g/mol. The van der Waals surface area contributed by atoms with Crippen LogP contribution >= 0.6 is 15.9 Å². The van der Waals surface area contributed by atoms with Gasteiger partial charge in [0.25, 0.3) is 5.78 Å². The molecular formula is C21H13BrN4. The van der Waals surface area contributed by atoms with Crippen molar-refractivity contribution in [1.29, 1.82) is 0 Å². The summed E-state index contributed by atoms with van der Waals surface area (Å²) >= 11 is 3.62. The van der Waals surface area contributed by atoms with Crippen LogP contribution < -0.4 is 0 Å². The number of nitrogens with zero attached hydrogens (tertiary/aromatic N) is 4. The zero-order valence-electron chi connectivity index (χ0n) is 13.7. The maximum absolute atomic E-state index is 4.82. The Morgan fingerprint density at radius 3 is 2.31 bits per heavy atom. The lowest BCUT2D eigenvalue weighted by molar-refractivity contribution is 1.10. The number of halogens is 1. The average Bonchev–Trinajstić information content (AvgIpc) is 3.12. The maximum atomic E-state index is 4.82. The third-order valence-electron chi connectivity index (χ3n) is 4.42. The molecule has 0 N–H and O–H groups in total. The molecule has 0 saturated heterocycles. The van der Waals surface area contributed by atoms with Crippen LogP contribution in [0.2, 0.25) is 0 Å². The van der Waals surface area contributed by atoms with Gasteiger partial charge < -0.3 is 0 Å². The van der Waals surface area contributed by atoms with Crippen LogP contribution in [0.15, 0.2) is 83.3 Å². The maximum Gasteiger partial charge on any atom is 0.256 e. The van der Waals surface area contributed by atoms with E-state index in [1.54, 1.807) is 0 Å². The molecule has 0 fully saturated rings. The summed E-state index contributed by atoms with van der Waals surface area (Å²) in [5.74, 6) is 1.36. The molecule has 2 aromatic heterocycles. The Morgan fingerprint density at radius 1 is 0.731 bits per heavy atom. The lowest BCUT2D eigenvalue weighted by Crippen LogP contribution is -1.98. The minimum absolute atomic E-state index is 0.591. The van der Waals surface area contributed by atoms with Gasteiger partial charge >= 0.3 is 0 Å². The number of fused-ring (bicyclic) bond motifs is 3. The number of benzene rings is 3. The van der Waals surface area contributed by atoms with Crippen molar-refractivity contribution in [3.63, 3.8) is 0 Å². The molecule has 124 valence electrons. The summed E-state index contributed by atoms with van der Waals surface area (Å²) in [7, 11) is 0. The summed E-state index contributed by atoms with van der Waals surface area (Å²) in [5, 5.41) is 9.85. The highest BCUT2D eigenvalue weighted by Gasteiger charge is 2.17. The van der Waals surface area contributed by atoms with Gasteiger partial charge in [0.2, 0.25) is 0 Å². The largest absolute Gasteiger partial charge is 0.259 e. The lowest BCUT2D eigenvalue weighted by atomic mass is 10.1. The van der Waals surface area contributed by atoms with Gasteiger partial charge in [-0.3, -0.25) is 4.40 Å². The second-order valence-corrected chi connectivity index (χ2v) is 6.84. The topological polar surface area (TPSA) is 43.1 Å².